The predicted octanol–water partition coefficient (Wildman–Crippen LogP) is 1.38. The van der Waals surface area contributed by atoms with E-state index in [4.69, 9.17) is 0 Å². The maximum atomic E-state index is 11.4. The lowest BCUT2D eigenvalue weighted by molar-refractivity contribution is -0.108. The number of imide groups is 1. The second-order valence-electron chi connectivity index (χ2n) is 2.53. The number of anilines is 1. The fourth-order valence-corrected chi connectivity index (χ4v) is 1.41. The average Bonchev–Trinajstić information content (AvgIpc) is 2.18. The minimum Gasteiger partial charge on any atom is -0.387 e. The van der Waals surface area contributed by atoms with E-state index in [1.165, 1.54) is 0 Å². The fraction of sp³-hybridized carbons (Fsp3) is 0.111. The molecule has 5 heteroatoms. The van der Waals surface area contributed by atoms with Gasteiger partial charge in [0.15, 0.2) is 0 Å². The predicted molar refractivity (Wildman–Crippen MR) is 57.2 cm³/mol. The van der Waals surface area contributed by atoms with Crippen LogP contribution in [0.25, 0.3) is 0 Å². The van der Waals surface area contributed by atoms with Crippen molar-refractivity contribution in [1.82, 2.24) is 5.32 Å². The highest BCUT2D eigenvalue weighted by Crippen LogP contribution is 2.20. The normalized spacial score (nSPS) is 9.29. The van der Waals surface area contributed by atoms with Gasteiger partial charge in [0.1, 0.15) is 0 Å². The first-order valence-electron chi connectivity index (χ1n) is 3.91. The van der Waals surface area contributed by atoms with E-state index in [9.17, 15) is 9.59 Å². The van der Waals surface area contributed by atoms with Crippen molar-refractivity contribution in [2.75, 3.05) is 12.4 Å². The Morgan fingerprint density at radius 2 is 2.21 bits per heavy atom. The Balaban J connectivity index is 3.09. The Hall–Kier alpha value is -1.36. The summed E-state index contributed by atoms with van der Waals surface area (Å²) in [4.78, 5) is 21.5. The van der Waals surface area contributed by atoms with E-state index in [0.29, 0.717) is 17.7 Å². The van der Waals surface area contributed by atoms with E-state index in [1.807, 2.05) is 6.07 Å². The van der Waals surface area contributed by atoms with Crippen molar-refractivity contribution in [3.8, 4) is 0 Å². The largest absolute Gasteiger partial charge is 0.387 e. The summed E-state index contributed by atoms with van der Waals surface area (Å²) in [5, 5.41) is 4.95. The molecule has 0 spiro atoms. The van der Waals surface area contributed by atoms with Gasteiger partial charge in [-0.25, -0.2) is 0 Å². The first kappa shape index (κ1) is 10.7. The number of benzene rings is 1. The van der Waals surface area contributed by atoms with Crippen LogP contribution in [0.4, 0.5) is 5.69 Å². The molecule has 1 aromatic rings. The van der Waals surface area contributed by atoms with Crippen LogP contribution in [-0.4, -0.2) is 19.4 Å². The van der Waals surface area contributed by atoms with Crippen molar-refractivity contribution in [3.63, 3.8) is 0 Å². The third kappa shape index (κ3) is 2.32. The molecule has 1 aromatic carbocycles. The molecule has 1 rings (SSSR count). The van der Waals surface area contributed by atoms with Crippen molar-refractivity contribution < 1.29 is 9.59 Å². The molecule has 4 nitrogen and oxygen atoms in total. The van der Waals surface area contributed by atoms with Gasteiger partial charge in [-0.05, 0) is 18.2 Å². The van der Waals surface area contributed by atoms with Crippen LogP contribution in [-0.2, 0) is 4.79 Å². The second-order valence-corrected chi connectivity index (χ2v) is 3.45. The SMILES string of the molecule is CNc1ccc(Br)cc1C(=O)NC=O. The molecule has 0 aromatic heterocycles. The molecular weight excluding hydrogens is 248 g/mol. The Morgan fingerprint density at radius 1 is 1.50 bits per heavy atom. The van der Waals surface area contributed by atoms with E-state index < -0.39 is 5.91 Å². The first-order valence-corrected chi connectivity index (χ1v) is 4.70. The lowest BCUT2D eigenvalue weighted by atomic mass is 10.1. The number of carbonyl (C=O) groups excluding carboxylic acids is 2. The van der Waals surface area contributed by atoms with Gasteiger partial charge >= 0.3 is 0 Å². The lowest BCUT2D eigenvalue weighted by Gasteiger charge is -2.07. The Bertz CT molecular complexity index is 366. The maximum Gasteiger partial charge on any atom is 0.259 e. The maximum absolute atomic E-state index is 11.4. The van der Waals surface area contributed by atoms with Gasteiger partial charge in [0.2, 0.25) is 6.41 Å². The Kier molecular flexibility index (Phi) is 3.64. The van der Waals surface area contributed by atoms with Crippen LogP contribution in [0.1, 0.15) is 10.4 Å². The molecule has 0 aliphatic carbocycles. The molecule has 0 unspecified atom stereocenters. The van der Waals surface area contributed by atoms with Crippen LogP contribution in [0.2, 0.25) is 0 Å². The monoisotopic (exact) mass is 256 g/mol. The second kappa shape index (κ2) is 4.76. The molecule has 0 bridgehead atoms. The molecule has 0 aliphatic heterocycles. The fourth-order valence-electron chi connectivity index (χ4n) is 1.05. The molecule has 0 aliphatic rings. The standard InChI is InChI=1S/C9H9BrN2O2/c1-11-8-3-2-6(10)4-7(8)9(14)12-5-13/h2-5,11H,1H3,(H,12,13,14). The summed E-state index contributed by atoms with van der Waals surface area (Å²) in [7, 11) is 1.71. The van der Waals surface area contributed by atoms with Crippen LogP contribution in [0.5, 0.6) is 0 Å². The third-order valence-corrected chi connectivity index (χ3v) is 2.18. The molecule has 0 atom stereocenters. The summed E-state index contributed by atoms with van der Waals surface area (Å²) in [6.07, 6.45) is 0.364. The summed E-state index contributed by atoms with van der Waals surface area (Å²) >= 11 is 3.25. The van der Waals surface area contributed by atoms with Gasteiger partial charge in [0, 0.05) is 17.2 Å². The van der Waals surface area contributed by atoms with Gasteiger partial charge in [0.25, 0.3) is 5.91 Å². The van der Waals surface area contributed by atoms with Crippen molar-refractivity contribution in [1.29, 1.82) is 0 Å². The topological polar surface area (TPSA) is 58.2 Å². The van der Waals surface area contributed by atoms with E-state index in [1.54, 1.807) is 19.2 Å². The molecule has 0 fully saturated rings. The van der Waals surface area contributed by atoms with Crippen molar-refractivity contribution in [2.45, 2.75) is 0 Å². The number of amides is 2. The van der Waals surface area contributed by atoms with Gasteiger partial charge in [0.05, 0.1) is 5.56 Å². The van der Waals surface area contributed by atoms with Gasteiger partial charge < -0.3 is 5.32 Å². The molecule has 0 radical (unpaired) electrons. The van der Waals surface area contributed by atoms with Crippen molar-refractivity contribution >= 4 is 33.9 Å². The Morgan fingerprint density at radius 3 is 2.79 bits per heavy atom. The molecule has 2 amide bonds. The van der Waals surface area contributed by atoms with Crippen molar-refractivity contribution in [2.24, 2.45) is 0 Å². The van der Waals surface area contributed by atoms with Gasteiger partial charge in [-0.1, -0.05) is 15.9 Å². The van der Waals surface area contributed by atoms with E-state index in [2.05, 4.69) is 26.6 Å². The minimum atomic E-state index is -0.425. The number of rotatable bonds is 3. The Labute approximate surface area is 89.8 Å². The number of hydrogen-bond acceptors (Lipinski definition) is 3. The molecule has 0 heterocycles. The number of nitrogens with one attached hydrogen (secondary N) is 2. The first-order chi connectivity index (χ1) is 6.69. The minimum absolute atomic E-state index is 0.364. The van der Waals surface area contributed by atoms with Gasteiger partial charge in [-0.2, -0.15) is 0 Å². The van der Waals surface area contributed by atoms with Crippen LogP contribution in [0, 0.1) is 0 Å². The van der Waals surface area contributed by atoms with Crippen molar-refractivity contribution in [3.05, 3.63) is 28.2 Å². The van der Waals surface area contributed by atoms with Crippen LogP contribution >= 0.6 is 15.9 Å². The number of carbonyl (C=O) groups is 2. The molecule has 0 saturated carbocycles. The molecule has 2 N–H and O–H groups in total. The summed E-state index contributed by atoms with van der Waals surface area (Å²) in [5.41, 5.74) is 1.10. The van der Waals surface area contributed by atoms with E-state index >= 15 is 0 Å². The van der Waals surface area contributed by atoms with Crippen LogP contribution < -0.4 is 10.6 Å². The highest BCUT2D eigenvalue weighted by atomic mass is 79.9. The molecule has 74 valence electrons. The van der Waals surface area contributed by atoms with Gasteiger partial charge in [-0.3, -0.25) is 14.9 Å². The van der Waals surface area contributed by atoms with Crippen LogP contribution in [0.15, 0.2) is 22.7 Å². The van der Waals surface area contributed by atoms with Crippen LogP contribution in [0.3, 0.4) is 0 Å². The summed E-state index contributed by atoms with van der Waals surface area (Å²) < 4.78 is 0.785. The van der Waals surface area contributed by atoms with Gasteiger partial charge in [-0.15, -0.1) is 0 Å². The lowest BCUT2D eigenvalue weighted by Crippen LogP contribution is -2.22. The molecule has 0 saturated heterocycles. The number of halogens is 1. The highest BCUT2D eigenvalue weighted by Gasteiger charge is 2.09. The zero-order valence-corrected chi connectivity index (χ0v) is 9.09. The molecular formula is C9H9BrN2O2. The highest BCUT2D eigenvalue weighted by molar-refractivity contribution is 9.10. The number of hydrogen-bond donors (Lipinski definition) is 2. The smallest absolute Gasteiger partial charge is 0.259 e. The zero-order valence-electron chi connectivity index (χ0n) is 7.50. The summed E-state index contributed by atoms with van der Waals surface area (Å²) in [6, 6.07) is 5.21. The molecule has 14 heavy (non-hydrogen) atoms. The quantitative estimate of drug-likeness (QED) is 0.804. The zero-order chi connectivity index (χ0) is 10.6. The third-order valence-electron chi connectivity index (χ3n) is 1.69. The van der Waals surface area contributed by atoms with E-state index in [-0.39, 0.29) is 0 Å². The van der Waals surface area contributed by atoms with E-state index in [0.717, 1.165) is 4.47 Å². The average molecular weight is 257 g/mol. The summed E-state index contributed by atoms with van der Waals surface area (Å²) in [5.74, 6) is -0.425. The summed E-state index contributed by atoms with van der Waals surface area (Å²) in [6.45, 7) is 0.